The second kappa shape index (κ2) is 10.2. The lowest BCUT2D eigenvalue weighted by atomic mass is 10.0. The Morgan fingerprint density at radius 3 is 1.90 bits per heavy atom. The molecular formula is C29H49BN3O6. The maximum Gasteiger partial charge on any atom is 0.249 e. The van der Waals surface area contributed by atoms with Crippen molar-refractivity contribution in [3.63, 3.8) is 0 Å². The van der Waals surface area contributed by atoms with Crippen molar-refractivity contribution in [2.24, 2.45) is 34.5 Å². The van der Waals surface area contributed by atoms with Crippen LogP contribution in [0.4, 0.5) is 0 Å². The van der Waals surface area contributed by atoms with E-state index >= 15 is 0 Å². The van der Waals surface area contributed by atoms with E-state index in [2.05, 4.69) is 33.0 Å². The van der Waals surface area contributed by atoms with Crippen molar-refractivity contribution in [3.05, 3.63) is 12.2 Å². The molecule has 0 aromatic heterocycles. The molecule has 7 aliphatic rings. The number of carbonyl (C=O) groups is 3. The summed E-state index contributed by atoms with van der Waals surface area (Å²) in [6.45, 7) is 17.8. The van der Waals surface area contributed by atoms with Crippen molar-refractivity contribution in [3.8, 4) is 0 Å². The van der Waals surface area contributed by atoms with Crippen LogP contribution in [0, 0.1) is 34.5 Å². The van der Waals surface area contributed by atoms with Gasteiger partial charge in [0.15, 0.2) is 0 Å². The third-order valence-corrected chi connectivity index (χ3v) is 9.72. The summed E-state index contributed by atoms with van der Waals surface area (Å²) >= 11 is 0. The van der Waals surface area contributed by atoms with Crippen LogP contribution < -0.4 is 5.32 Å². The van der Waals surface area contributed by atoms with Gasteiger partial charge in [-0.25, -0.2) is 0 Å². The van der Waals surface area contributed by atoms with E-state index in [0.29, 0.717) is 30.4 Å². The fraction of sp³-hybridized carbons (Fsp3) is 0.828. The van der Waals surface area contributed by atoms with E-state index in [-0.39, 0.29) is 82.2 Å². The van der Waals surface area contributed by atoms with E-state index < -0.39 is 5.72 Å². The number of hydrogen-bond donors (Lipinski definition) is 2. The lowest BCUT2D eigenvalue weighted by Crippen LogP contribution is -2.47. The van der Waals surface area contributed by atoms with Gasteiger partial charge >= 0.3 is 0 Å². The number of ether oxygens (including phenoxy) is 2. The molecule has 3 radical (unpaired) electrons. The van der Waals surface area contributed by atoms with Crippen molar-refractivity contribution in [2.75, 3.05) is 19.8 Å². The summed E-state index contributed by atoms with van der Waals surface area (Å²) in [5, 5.41) is 11.7. The third kappa shape index (κ3) is 4.84. The summed E-state index contributed by atoms with van der Waals surface area (Å²) in [7, 11) is 0. The molecule has 9 nitrogen and oxygen atoms in total. The number of amides is 3. The van der Waals surface area contributed by atoms with Crippen molar-refractivity contribution in [1.29, 1.82) is 0 Å². The molecule has 7 unspecified atom stereocenters. The van der Waals surface area contributed by atoms with Crippen LogP contribution in [0.2, 0.25) is 0 Å². The summed E-state index contributed by atoms with van der Waals surface area (Å²) in [5.41, 5.74) is -0.422. The normalized spacial score (nSPS) is 38.7. The predicted octanol–water partition coefficient (Wildman–Crippen LogP) is 2.40. The first kappa shape index (κ1) is 33.3. The smallest absolute Gasteiger partial charge is 0.249 e. The van der Waals surface area contributed by atoms with Crippen LogP contribution in [-0.4, -0.2) is 90.4 Å². The maximum atomic E-state index is 12.1. The highest BCUT2D eigenvalue weighted by molar-refractivity contribution is 5.91. The first-order chi connectivity index (χ1) is 16.6. The van der Waals surface area contributed by atoms with Crippen LogP contribution in [0.3, 0.4) is 0 Å². The Kier molecular flexibility index (Phi) is 8.69. The summed E-state index contributed by atoms with van der Waals surface area (Å²) in [5.74, 6) is 1.86. The lowest BCUT2D eigenvalue weighted by molar-refractivity contribution is -0.145. The van der Waals surface area contributed by atoms with E-state index in [4.69, 9.17) is 14.6 Å². The molecule has 5 aliphatic heterocycles. The van der Waals surface area contributed by atoms with Crippen LogP contribution in [0.25, 0.3) is 0 Å². The highest BCUT2D eigenvalue weighted by Crippen LogP contribution is 2.67. The zero-order chi connectivity index (χ0) is 26.6. The van der Waals surface area contributed by atoms with Crippen LogP contribution in [-0.2, 0) is 23.9 Å². The zero-order valence-corrected chi connectivity index (χ0v) is 23.3. The SMILES string of the molecule is C.C.CC1(C)C2C(=O)N3C(COC3(C)C)C21.CC1(C)C2C(=O)NC(CO)C21.CC1(C)OCC2C=CC(=O)N21.[B]. The van der Waals surface area contributed by atoms with Crippen molar-refractivity contribution < 1.29 is 29.0 Å². The highest BCUT2D eigenvalue weighted by Gasteiger charge is 2.75. The fourth-order valence-corrected chi connectivity index (χ4v) is 7.67. The number of aliphatic hydroxyl groups excluding tert-OH is 1. The van der Waals surface area contributed by atoms with Gasteiger partial charge in [-0.1, -0.05) is 48.6 Å². The minimum atomic E-state index is -0.411. The summed E-state index contributed by atoms with van der Waals surface area (Å²) < 4.78 is 11.1. The quantitative estimate of drug-likeness (QED) is 0.489. The molecule has 4 saturated heterocycles. The monoisotopic (exact) mass is 546 g/mol. The summed E-state index contributed by atoms with van der Waals surface area (Å²) in [6, 6.07) is 0.539. The third-order valence-electron chi connectivity index (χ3n) is 9.72. The molecule has 6 fully saturated rings. The zero-order valence-electron chi connectivity index (χ0n) is 23.3. The van der Waals surface area contributed by atoms with Crippen molar-refractivity contribution >= 4 is 26.1 Å². The average Bonchev–Trinajstić information content (AvgIpc) is 3.20. The average molecular weight is 547 g/mol. The first-order valence-corrected chi connectivity index (χ1v) is 13.1. The number of nitrogens with zero attached hydrogens (tertiary/aromatic N) is 2. The molecule has 2 aliphatic carbocycles. The van der Waals surface area contributed by atoms with Gasteiger partial charge in [-0.15, -0.1) is 0 Å². The van der Waals surface area contributed by atoms with Crippen LogP contribution in [0.5, 0.6) is 0 Å². The summed E-state index contributed by atoms with van der Waals surface area (Å²) in [6.07, 6.45) is 3.52. The van der Waals surface area contributed by atoms with Gasteiger partial charge in [0.05, 0.1) is 37.9 Å². The Morgan fingerprint density at radius 1 is 0.872 bits per heavy atom. The number of aliphatic hydroxyl groups is 1. The maximum absolute atomic E-state index is 12.1. The molecule has 5 heterocycles. The van der Waals surface area contributed by atoms with Gasteiger partial charge < -0.3 is 29.7 Å². The van der Waals surface area contributed by atoms with Crippen LogP contribution >= 0.6 is 0 Å². The molecule has 219 valence electrons. The van der Waals surface area contributed by atoms with Crippen LogP contribution in [0.15, 0.2) is 12.2 Å². The molecule has 0 aromatic rings. The highest BCUT2D eigenvalue weighted by atomic mass is 16.5. The standard InChI is InChI=1S/C11H17NO2.C8H11NO2.C8H13NO2.2CH4.B/c1-10(2)7-6-5-14-11(3,4)12(6)9(13)8(7)10;1-8(2)9-6(5-11-8)3-4-7(9)10;1-8(2)5-4(3-10)9-7(11)6(5)8;;;/h6-8H,5H2,1-4H3;3-4,6H,5H2,1-2H3;4-6,10H,3H2,1-2H3,(H,9,11);2*1H4;. The second-order valence-electron chi connectivity index (χ2n) is 13.4. The minimum absolute atomic E-state index is 0. The van der Waals surface area contributed by atoms with Gasteiger partial charge in [0.25, 0.3) is 0 Å². The number of carbonyl (C=O) groups excluding carboxylic acids is 3. The Bertz CT molecular complexity index is 1020. The minimum Gasteiger partial charge on any atom is -0.394 e. The lowest BCUT2D eigenvalue weighted by Gasteiger charge is -2.32. The molecule has 0 bridgehead atoms. The van der Waals surface area contributed by atoms with Crippen LogP contribution in [0.1, 0.15) is 70.2 Å². The number of nitrogens with one attached hydrogen (secondary N) is 1. The van der Waals surface area contributed by atoms with Gasteiger partial charge in [0.1, 0.15) is 11.4 Å². The second-order valence-corrected chi connectivity index (χ2v) is 13.4. The molecule has 7 rings (SSSR count). The van der Waals surface area contributed by atoms with E-state index in [1.807, 2.05) is 38.7 Å². The largest absolute Gasteiger partial charge is 0.394 e. The number of piperidine rings is 2. The predicted molar refractivity (Wildman–Crippen MR) is 150 cm³/mol. The molecule has 7 atom stereocenters. The Labute approximate surface area is 236 Å². The molecular weight excluding hydrogens is 497 g/mol. The Balaban J connectivity index is 0.000000200. The van der Waals surface area contributed by atoms with Crippen molar-refractivity contribution in [1.82, 2.24) is 15.1 Å². The van der Waals surface area contributed by atoms with Crippen molar-refractivity contribution in [2.45, 2.75) is 99.8 Å². The van der Waals surface area contributed by atoms with Gasteiger partial charge in [0, 0.05) is 26.3 Å². The number of hydrogen-bond acceptors (Lipinski definition) is 6. The fourth-order valence-electron chi connectivity index (χ4n) is 7.67. The number of rotatable bonds is 1. The van der Waals surface area contributed by atoms with E-state index in [1.165, 1.54) is 0 Å². The molecule has 0 spiro atoms. The van der Waals surface area contributed by atoms with E-state index in [1.54, 1.807) is 11.0 Å². The van der Waals surface area contributed by atoms with E-state index in [9.17, 15) is 14.4 Å². The molecule has 2 saturated carbocycles. The van der Waals surface area contributed by atoms with Gasteiger partial charge in [-0.3, -0.25) is 14.4 Å². The molecule has 10 heteroatoms. The summed E-state index contributed by atoms with van der Waals surface area (Å²) in [4.78, 5) is 38.3. The Hall–Kier alpha value is -1.91. The molecule has 39 heavy (non-hydrogen) atoms. The van der Waals surface area contributed by atoms with Gasteiger partial charge in [-0.05, 0) is 50.4 Å². The molecule has 3 amide bonds. The van der Waals surface area contributed by atoms with Gasteiger partial charge in [0.2, 0.25) is 17.7 Å². The Morgan fingerprint density at radius 2 is 1.41 bits per heavy atom. The molecule has 2 N–H and O–H groups in total. The van der Waals surface area contributed by atoms with E-state index in [0.717, 1.165) is 6.61 Å². The topological polar surface area (TPSA) is 108 Å². The van der Waals surface area contributed by atoms with Gasteiger partial charge in [-0.2, -0.15) is 0 Å². The molecule has 0 aromatic carbocycles. The number of fused-ring (bicyclic) bond motifs is 5. The first-order valence-electron chi connectivity index (χ1n) is 13.1.